The molecule has 0 atom stereocenters. The van der Waals surface area contributed by atoms with Crippen molar-refractivity contribution < 1.29 is 0 Å². The number of nitrogens with one attached hydrogen (secondary N) is 2. The Kier molecular flexibility index (Phi) is 4.07. The summed E-state index contributed by atoms with van der Waals surface area (Å²) in [6.45, 7) is 12.2. The molecule has 2 N–H and O–H groups in total. The van der Waals surface area contributed by atoms with Gasteiger partial charge in [0.1, 0.15) is 5.82 Å². The fourth-order valence-electron chi connectivity index (χ4n) is 2.57. The Labute approximate surface area is 110 Å². The van der Waals surface area contributed by atoms with Crippen LogP contribution < -0.4 is 5.32 Å². The molecule has 0 bridgehead atoms. The molecule has 102 valence electrons. The smallest absolute Gasteiger partial charge is 0.103 e. The molecule has 4 heteroatoms. The molecule has 0 aliphatic carbocycles. The Morgan fingerprint density at radius 2 is 2.06 bits per heavy atom. The van der Waals surface area contributed by atoms with Crippen LogP contribution in [0.3, 0.4) is 0 Å². The molecule has 2 rings (SSSR count). The van der Waals surface area contributed by atoms with Crippen molar-refractivity contribution in [2.75, 3.05) is 13.1 Å². The average molecular weight is 250 g/mol. The van der Waals surface area contributed by atoms with Crippen molar-refractivity contribution in [3.8, 4) is 0 Å². The minimum Gasteiger partial charge on any atom is -0.345 e. The SMILES string of the molecule is Cc1ncc(CNC2CCN(C(C)(C)C)CC2)[nH]1. The van der Waals surface area contributed by atoms with E-state index in [1.165, 1.54) is 31.6 Å². The zero-order chi connectivity index (χ0) is 13.2. The summed E-state index contributed by atoms with van der Waals surface area (Å²) in [6, 6.07) is 0.646. The highest BCUT2D eigenvalue weighted by atomic mass is 15.2. The van der Waals surface area contributed by atoms with Crippen LogP contribution in [0.2, 0.25) is 0 Å². The number of aromatic nitrogens is 2. The fourth-order valence-corrected chi connectivity index (χ4v) is 2.57. The molecule has 1 aromatic rings. The van der Waals surface area contributed by atoms with Gasteiger partial charge >= 0.3 is 0 Å². The van der Waals surface area contributed by atoms with Crippen molar-refractivity contribution in [2.24, 2.45) is 0 Å². The number of rotatable bonds is 3. The Morgan fingerprint density at radius 3 is 2.56 bits per heavy atom. The summed E-state index contributed by atoms with van der Waals surface area (Å²) in [5.41, 5.74) is 1.50. The monoisotopic (exact) mass is 250 g/mol. The number of aromatic amines is 1. The molecule has 1 saturated heterocycles. The third kappa shape index (κ3) is 3.56. The molecule has 0 radical (unpaired) electrons. The van der Waals surface area contributed by atoms with Crippen molar-refractivity contribution in [1.82, 2.24) is 20.2 Å². The molecule has 0 aromatic carbocycles. The zero-order valence-corrected chi connectivity index (χ0v) is 12.1. The molecule has 0 spiro atoms. The van der Waals surface area contributed by atoms with Gasteiger partial charge in [-0.1, -0.05) is 0 Å². The Bertz CT molecular complexity index is 369. The number of aryl methyl sites for hydroxylation is 1. The van der Waals surface area contributed by atoms with E-state index in [4.69, 9.17) is 0 Å². The number of H-pyrrole nitrogens is 1. The second-order valence-electron chi connectivity index (χ2n) is 6.31. The van der Waals surface area contributed by atoms with E-state index in [1.54, 1.807) is 0 Å². The van der Waals surface area contributed by atoms with Gasteiger partial charge in [0.2, 0.25) is 0 Å². The molecule has 1 aliphatic rings. The standard InChI is InChI=1S/C14H26N4/c1-11-15-9-13(17-11)10-16-12-5-7-18(8-6-12)14(2,3)4/h9,12,16H,5-8,10H2,1-4H3,(H,15,17). The zero-order valence-electron chi connectivity index (χ0n) is 12.1. The van der Waals surface area contributed by atoms with E-state index in [0.717, 1.165) is 12.4 Å². The van der Waals surface area contributed by atoms with E-state index in [0.29, 0.717) is 11.6 Å². The van der Waals surface area contributed by atoms with Crippen LogP contribution >= 0.6 is 0 Å². The molecular weight excluding hydrogens is 224 g/mol. The number of hydrogen-bond acceptors (Lipinski definition) is 3. The summed E-state index contributed by atoms with van der Waals surface area (Å²) >= 11 is 0. The molecule has 0 unspecified atom stereocenters. The molecule has 2 heterocycles. The first kappa shape index (κ1) is 13.6. The van der Waals surface area contributed by atoms with Crippen LogP contribution in [0.4, 0.5) is 0 Å². The van der Waals surface area contributed by atoms with Crippen molar-refractivity contribution >= 4 is 0 Å². The highest BCUT2D eigenvalue weighted by Gasteiger charge is 2.26. The van der Waals surface area contributed by atoms with E-state index < -0.39 is 0 Å². The molecule has 1 aromatic heterocycles. The summed E-state index contributed by atoms with van der Waals surface area (Å²) < 4.78 is 0. The van der Waals surface area contributed by atoms with Gasteiger partial charge in [-0.15, -0.1) is 0 Å². The van der Waals surface area contributed by atoms with E-state index in [2.05, 4.69) is 41.0 Å². The van der Waals surface area contributed by atoms with Gasteiger partial charge in [-0.25, -0.2) is 4.98 Å². The lowest BCUT2D eigenvalue weighted by Crippen LogP contribution is -2.49. The maximum absolute atomic E-state index is 4.22. The van der Waals surface area contributed by atoms with E-state index >= 15 is 0 Å². The van der Waals surface area contributed by atoms with Crippen LogP contribution in [-0.4, -0.2) is 39.5 Å². The number of nitrogens with zero attached hydrogens (tertiary/aromatic N) is 2. The first-order valence-electron chi connectivity index (χ1n) is 6.94. The largest absolute Gasteiger partial charge is 0.345 e. The van der Waals surface area contributed by atoms with Crippen molar-refractivity contribution in [2.45, 2.75) is 58.7 Å². The van der Waals surface area contributed by atoms with Gasteiger partial charge < -0.3 is 10.3 Å². The lowest BCUT2D eigenvalue weighted by Gasteiger charge is -2.41. The van der Waals surface area contributed by atoms with Crippen LogP contribution in [0.1, 0.15) is 45.1 Å². The predicted octanol–water partition coefficient (Wildman–Crippen LogP) is 2.07. The van der Waals surface area contributed by atoms with Crippen LogP contribution in [-0.2, 0) is 6.54 Å². The molecule has 4 nitrogen and oxygen atoms in total. The molecule has 1 aliphatic heterocycles. The van der Waals surface area contributed by atoms with Crippen molar-refractivity contribution in [1.29, 1.82) is 0 Å². The summed E-state index contributed by atoms with van der Waals surface area (Å²) in [5.74, 6) is 0.995. The second kappa shape index (κ2) is 5.41. The van der Waals surface area contributed by atoms with Gasteiger partial charge in [-0.05, 0) is 40.5 Å². The molecule has 0 amide bonds. The average Bonchev–Trinajstić information content (AvgIpc) is 2.72. The summed E-state index contributed by atoms with van der Waals surface area (Å²) in [5, 5.41) is 3.63. The van der Waals surface area contributed by atoms with E-state index in [1.807, 2.05) is 13.1 Å². The van der Waals surface area contributed by atoms with Gasteiger partial charge in [0.05, 0.1) is 0 Å². The second-order valence-corrected chi connectivity index (χ2v) is 6.31. The maximum Gasteiger partial charge on any atom is 0.103 e. The van der Waals surface area contributed by atoms with Gasteiger partial charge in [0.25, 0.3) is 0 Å². The van der Waals surface area contributed by atoms with Gasteiger partial charge in [0, 0.05) is 43.1 Å². The Balaban J connectivity index is 1.74. The summed E-state index contributed by atoms with van der Waals surface area (Å²) in [7, 11) is 0. The minimum absolute atomic E-state index is 0.311. The third-order valence-corrected chi connectivity index (χ3v) is 3.78. The highest BCUT2D eigenvalue weighted by molar-refractivity contribution is 4.99. The van der Waals surface area contributed by atoms with Gasteiger partial charge in [0.15, 0.2) is 0 Å². The summed E-state index contributed by atoms with van der Waals surface area (Å²) in [6.07, 6.45) is 4.40. The molecule has 1 fully saturated rings. The molecule has 0 saturated carbocycles. The normalized spacial score (nSPS) is 19.3. The lowest BCUT2D eigenvalue weighted by atomic mass is 9.98. The number of imidazole rings is 1. The van der Waals surface area contributed by atoms with E-state index in [-0.39, 0.29) is 0 Å². The number of hydrogen-bond donors (Lipinski definition) is 2. The van der Waals surface area contributed by atoms with Crippen LogP contribution in [0, 0.1) is 6.92 Å². The van der Waals surface area contributed by atoms with Gasteiger partial charge in [-0.2, -0.15) is 0 Å². The first-order valence-corrected chi connectivity index (χ1v) is 6.94. The summed E-state index contributed by atoms with van der Waals surface area (Å²) in [4.78, 5) is 10.1. The van der Waals surface area contributed by atoms with Gasteiger partial charge in [-0.3, -0.25) is 4.90 Å². The Morgan fingerprint density at radius 1 is 1.39 bits per heavy atom. The molecule has 18 heavy (non-hydrogen) atoms. The topological polar surface area (TPSA) is 44.0 Å². The van der Waals surface area contributed by atoms with Crippen LogP contribution in [0.15, 0.2) is 6.20 Å². The first-order chi connectivity index (χ1) is 8.45. The minimum atomic E-state index is 0.311. The van der Waals surface area contributed by atoms with Crippen molar-refractivity contribution in [3.63, 3.8) is 0 Å². The predicted molar refractivity (Wildman–Crippen MR) is 74.5 cm³/mol. The van der Waals surface area contributed by atoms with E-state index in [9.17, 15) is 0 Å². The Hall–Kier alpha value is -0.870. The number of likely N-dealkylation sites (tertiary alicyclic amines) is 1. The fraction of sp³-hybridized carbons (Fsp3) is 0.786. The van der Waals surface area contributed by atoms with Crippen LogP contribution in [0.25, 0.3) is 0 Å². The lowest BCUT2D eigenvalue weighted by molar-refractivity contribution is 0.0959. The number of piperidine rings is 1. The van der Waals surface area contributed by atoms with Crippen molar-refractivity contribution in [3.05, 3.63) is 17.7 Å². The van der Waals surface area contributed by atoms with Crippen LogP contribution in [0.5, 0.6) is 0 Å². The molecular formula is C14H26N4. The maximum atomic E-state index is 4.22. The third-order valence-electron chi connectivity index (χ3n) is 3.78. The quantitative estimate of drug-likeness (QED) is 0.863. The highest BCUT2D eigenvalue weighted by Crippen LogP contribution is 2.20.